The average Bonchev–Trinajstić information content (AvgIpc) is 3.27. The molecule has 0 spiro atoms. The molecule has 6 nitrogen and oxygen atoms in total. The number of hydrogen-bond acceptors (Lipinski definition) is 5. The van der Waals surface area contributed by atoms with Gasteiger partial charge in [-0.25, -0.2) is 9.67 Å². The van der Waals surface area contributed by atoms with Crippen molar-refractivity contribution in [1.29, 1.82) is 0 Å². The molecule has 28 heavy (non-hydrogen) atoms. The average molecular weight is 413 g/mol. The standard InChI is InChI=1S/C20H24N4O2SSi/c1-13(2)19(25)22-16-10-14(7-8-21-16)17-18(15-6-5-9-27-15)23-24-11-28(3,4)12-26-20(17)24/h5-10,13H,11-12H2,1-4H3,(H,21,22,25). The number of nitrogens with one attached hydrogen (secondary N) is 1. The third-order valence-electron chi connectivity index (χ3n) is 4.66. The molecule has 4 heterocycles. The van der Waals surface area contributed by atoms with E-state index in [1.165, 1.54) is 0 Å². The minimum absolute atomic E-state index is 0.0517. The first kappa shape index (κ1) is 18.9. The molecule has 0 saturated heterocycles. The fraction of sp³-hybridized carbons (Fsp3) is 0.350. The van der Waals surface area contributed by atoms with E-state index in [1.807, 2.05) is 36.7 Å². The third-order valence-corrected chi connectivity index (χ3v) is 7.62. The molecule has 0 atom stereocenters. The number of hydrogen-bond donors (Lipinski definition) is 1. The summed E-state index contributed by atoms with van der Waals surface area (Å²) in [6, 6.07) is 7.95. The Morgan fingerprint density at radius 1 is 1.36 bits per heavy atom. The molecule has 1 N–H and O–H groups in total. The summed E-state index contributed by atoms with van der Waals surface area (Å²) in [6.07, 6.45) is 3.43. The van der Waals surface area contributed by atoms with E-state index >= 15 is 0 Å². The van der Waals surface area contributed by atoms with Crippen LogP contribution in [0.2, 0.25) is 13.1 Å². The lowest BCUT2D eigenvalue weighted by Gasteiger charge is -2.28. The quantitative estimate of drug-likeness (QED) is 0.643. The largest absolute Gasteiger partial charge is 0.481 e. The van der Waals surface area contributed by atoms with Crippen LogP contribution in [0, 0.1) is 5.92 Å². The van der Waals surface area contributed by atoms with E-state index in [2.05, 4.69) is 34.8 Å². The van der Waals surface area contributed by atoms with Gasteiger partial charge in [0.15, 0.2) is 0 Å². The van der Waals surface area contributed by atoms with Crippen molar-refractivity contribution in [3.63, 3.8) is 0 Å². The monoisotopic (exact) mass is 412 g/mol. The molecule has 0 aliphatic carbocycles. The number of nitrogens with zero attached hydrogens (tertiary/aromatic N) is 3. The van der Waals surface area contributed by atoms with Gasteiger partial charge in [-0.3, -0.25) is 4.79 Å². The Hall–Kier alpha value is -2.45. The number of carbonyl (C=O) groups excluding carboxylic acids is 1. The van der Waals surface area contributed by atoms with Crippen LogP contribution in [0.15, 0.2) is 35.8 Å². The van der Waals surface area contributed by atoms with Crippen molar-refractivity contribution in [1.82, 2.24) is 14.8 Å². The maximum atomic E-state index is 12.1. The van der Waals surface area contributed by atoms with Crippen LogP contribution in [-0.2, 0) is 11.0 Å². The molecular formula is C20H24N4O2SSi. The Morgan fingerprint density at radius 2 is 2.18 bits per heavy atom. The first-order valence-corrected chi connectivity index (χ1v) is 13.7. The minimum Gasteiger partial charge on any atom is -0.481 e. The van der Waals surface area contributed by atoms with Gasteiger partial charge in [-0.05, 0) is 29.1 Å². The van der Waals surface area contributed by atoms with Crippen LogP contribution in [0.4, 0.5) is 5.82 Å². The topological polar surface area (TPSA) is 69.0 Å². The third kappa shape index (κ3) is 3.61. The van der Waals surface area contributed by atoms with Crippen molar-refractivity contribution < 1.29 is 9.53 Å². The Balaban J connectivity index is 1.81. The summed E-state index contributed by atoms with van der Waals surface area (Å²) < 4.78 is 8.24. The summed E-state index contributed by atoms with van der Waals surface area (Å²) >= 11 is 1.66. The SMILES string of the molecule is CC(C)C(=O)Nc1cc(-c2c(-c3cccs3)nn3c2OC[Si](C)(C)C3)ccn1. The van der Waals surface area contributed by atoms with Gasteiger partial charge in [0.2, 0.25) is 11.8 Å². The molecule has 0 bridgehead atoms. The van der Waals surface area contributed by atoms with Crippen molar-refractivity contribution in [3.05, 3.63) is 35.8 Å². The number of rotatable bonds is 4. The van der Waals surface area contributed by atoms with E-state index in [1.54, 1.807) is 17.5 Å². The summed E-state index contributed by atoms with van der Waals surface area (Å²) in [6.45, 7) is 8.35. The lowest BCUT2D eigenvalue weighted by atomic mass is 10.1. The van der Waals surface area contributed by atoms with E-state index in [-0.39, 0.29) is 11.8 Å². The Kier molecular flexibility index (Phi) is 4.84. The zero-order chi connectivity index (χ0) is 19.9. The summed E-state index contributed by atoms with van der Waals surface area (Å²) in [5, 5.41) is 9.85. The number of pyridine rings is 1. The maximum Gasteiger partial charge on any atom is 0.228 e. The highest BCUT2D eigenvalue weighted by molar-refractivity contribution is 7.13. The predicted octanol–water partition coefficient (Wildman–Crippen LogP) is 4.45. The van der Waals surface area contributed by atoms with Gasteiger partial charge in [0.1, 0.15) is 19.6 Å². The molecule has 4 rings (SSSR count). The number of carbonyl (C=O) groups is 1. The zero-order valence-corrected chi connectivity index (χ0v) is 18.3. The highest BCUT2D eigenvalue weighted by Crippen LogP contribution is 2.42. The summed E-state index contributed by atoms with van der Waals surface area (Å²) in [7, 11) is -1.47. The predicted molar refractivity (Wildman–Crippen MR) is 115 cm³/mol. The van der Waals surface area contributed by atoms with E-state index in [0.717, 1.165) is 40.0 Å². The van der Waals surface area contributed by atoms with Crippen molar-refractivity contribution in [2.75, 3.05) is 11.5 Å². The molecule has 3 aromatic heterocycles. The Bertz CT molecular complexity index is 1010. The second kappa shape index (κ2) is 7.18. The van der Waals surface area contributed by atoms with Crippen molar-refractivity contribution in [3.8, 4) is 27.6 Å². The van der Waals surface area contributed by atoms with Gasteiger partial charge in [-0.15, -0.1) is 11.3 Å². The highest BCUT2D eigenvalue weighted by atomic mass is 32.1. The van der Waals surface area contributed by atoms with Crippen LogP contribution in [0.5, 0.6) is 5.88 Å². The van der Waals surface area contributed by atoms with Gasteiger partial charge >= 0.3 is 0 Å². The molecule has 0 unspecified atom stereocenters. The molecule has 8 heteroatoms. The summed E-state index contributed by atoms with van der Waals surface area (Å²) in [5.74, 6) is 1.19. The number of ether oxygens (including phenoxy) is 1. The van der Waals surface area contributed by atoms with E-state index in [9.17, 15) is 4.79 Å². The van der Waals surface area contributed by atoms with Gasteiger partial charge in [-0.1, -0.05) is 33.0 Å². The second-order valence-electron chi connectivity index (χ2n) is 8.19. The van der Waals surface area contributed by atoms with E-state index in [0.29, 0.717) is 5.82 Å². The van der Waals surface area contributed by atoms with Gasteiger partial charge < -0.3 is 10.1 Å². The molecule has 1 aliphatic rings. The number of aromatic nitrogens is 3. The molecule has 0 aromatic carbocycles. The van der Waals surface area contributed by atoms with Gasteiger partial charge in [0.25, 0.3) is 0 Å². The second-order valence-corrected chi connectivity index (χ2v) is 14.1. The molecule has 0 radical (unpaired) electrons. The number of anilines is 1. The fourth-order valence-electron chi connectivity index (χ4n) is 3.19. The lowest BCUT2D eigenvalue weighted by molar-refractivity contribution is -0.118. The normalized spacial score (nSPS) is 15.2. The molecule has 1 amide bonds. The molecule has 1 aliphatic heterocycles. The number of amides is 1. The van der Waals surface area contributed by atoms with Crippen LogP contribution >= 0.6 is 11.3 Å². The summed E-state index contributed by atoms with van der Waals surface area (Å²) in [5.41, 5.74) is 2.83. The molecular weight excluding hydrogens is 388 g/mol. The molecule has 0 fully saturated rings. The van der Waals surface area contributed by atoms with Gasteiger partial charge in [-0.2, -0.15) is 5.10 Å². The van der Waals surface area contributed by atoms with Crippen LogP contribution < -0.4 is 10.1 Å². The van der Waals surface area contributed by atoms with Crippen LogP contribution in [0.1, 0.15) is 13.8 Å². The highest BCUT2D eigenvalue weighted by Gasteiger charge is 2.34. The fourth-order valence-corrected chi connectivity index (χ4v) is 5.55. The van der Waals surface area contributed by atoms with Crippen molar-refractivity contribution >= 4 is 31.1 Å². The zero-order valence-electron chi connectivity index (χ0n) is 16.5. The van der Waals surface area contributed by atoms with Crippen LogP contribution in [0.25, 0.3) is 21.7 Å². The van der Waals surface area contributed by atoms with Gasteiger partial charge in [0.05, 0.1) is 16.7 Å². The summed E-state index contributed by atoms with van der Waals surface area (Å²) in [4.78, 5) is 17.5. The first-order valence-electron chi connectivity index (χ1n) is 9.39. The van der Waals surface area contributed by atoms with Crippen molar-refractivity contribution in [2.45, 2.75) is 33.1 Å². The van der Waals surface area contributed by atoms with Gasteiger partial charge in [0, 0.05) is 18.3 Å². The smallest absolute Gasteiger partial charge is 0.228 e. The van der Waals surface area contributed by atoms with E-state index < -0.39 is 8.07 Å². The molecule has 3 aromatic rings. The number of thiophene rings is 1. The van der Waals surface area contributed by atoms with Crippen LogP contribution in [0.3, 0.4) is 0 Å². The Morgan fingerprint density at radius 3 is 2.89 bits per heavy atom. The van der Waals surface area contributed by atoms with Crippen molar-refractivity contribution in [2.24, 2.45) is 5.92 Å². The molecule has 0 saturated carbocycles. The Labute approximate surface area is 169 Å². The minimum atomic E-state index is -1.47. The molecule has 146 valence electrons. The van der Waals surface area contributed by atoms with E-state index in [4.69, 9.17) is 9.84 Å². The number of fused-ring (bicyclic) bond motifs is 1. The lowest BCUT2D eigenvalue weighted by Crippen LogP contribution is -2.44. The van der Waals surface area contributed by atoms with Crippen LogP contribution in [-0.4, -0.2) is 35.0 Å². The first-order chi connectivity index (χ1) is 13.3. The maximum absolute atomic E-state index is 12.1.